The minimum atomic E-state index is -0.418. The van der Waals surface area contributed by atoms with Gasteiger partial charge < -0.3 is 0 Å². The highest BCUT2D eigenvalue weighted by Gasteiger charge is 2.21. The van der Waals surface area contributed by atoms with Gasteiger partial charge in [0.2, 0.25) is 0 Å². The first-order valence-corrected chi connectivity index (χ1v) is 4.50. The summed E-state index contributed by atoms with van der Waals surface area (Å²) >= 11 is 0. The van der Waals surface area contributed by atoms with E-state index in [0.29, 0.717) is 11.3 Å². The Bertz CT molecular complexity index is 328. The smallest absolute Gasteiger partial charge is 0.152 e. The van der Waals surface area contributed by atoms with Gasteiger partial charge in [0.1, 0.15) is 0 Å². The van der Waals surface area contributed by atoms with Gasteiger partial charge in [0, 0.05) is 5.56 Å². The van der Waals surface area contributed by atoms with Crippen LogP contribution in [0.3, 0.4) is 0 Å². The molecule has 0 heterocycles. The molecule has 0 atom stereocenters. The molecule has 0 radical (unpaired) electrons. The predicted molar refractivity (Wildman–Crippen MR) is 55.8 cm³/mol. The van der Waals surface area contributed by atoms with Gasteiger partial charge in [-0.05, 0) is 32.9 Å². The number of hydrogen-bond donors (Lipinski definition) is 1. The van der Waals surface area contributed by atoms with Gasteiger partial charge in [0.25, 0.3) is 0 Å². The zero-order valence-corrected chi connectivity index (χ0v) is 8.69. The van der Waals surface area contributed by atoms with Crippen LogP contribution in [-0.4, -0.2) is 17.0 Å². The van der Waals surface area contributed by atoms with Gasteiger partial charge in [-0.3, -0.25) is 15.1 Å². The Hall–Kier alpha value is -1.35. The number of carbonyl (C=O) groups is 1. The lowest BCUT2D eigenvalue weighted by Crippen LogP contribution is -2.39. The van der Waals surface area contributed by atoms with Crippen LogP contribution in [0.15, 0.2) is 24.3 Å². The number of benzene rings is 1. The Morgan fingerprint density at radius 3 is 2.36 bits per heavy atom. The van der Waals surface area contributed by atoms with Crippen molar-refractivity contribution < 1.29 is 10.0 Å². The first kappa shape index (κ1) is 10.7. The normalized spacial score (nSPS) is 11.1. The highest BCUT2D eigenvalue weighted by atomic mass is 16.5. The molecule has 0 aliphatic heterocycles. The van der Waals surface area contributed by atoms with Gasteiger partial charge in [-0.15, -0.1) is 0 Å². The molecule has 0 amide bonds. The summed E-state index contributed by atoms with van der Waals surface area (Å²) in [6, 6.07) is 6.95. The maximum Gasteiger partial charge on any atom is 0.152 e. The molecule has 14 heavy (non-hydrogen) atoms. The minimum Gasteiger partial charge on any atom is -0.298 e. The number of anilines is 1. The van der Waals surface area contributed by atoms with E-state index >= 15 is 0 Å². The quantitative estimate of drug-likeness (QED) is 0.579. The predicted octanol–water partition coefficient (Wildman–Crippen LogP) is 2.49. The van der Waals surface area contributed by atoms with E-state index in [0.717, 1.165) is 11.3 Å². The molecule has 1 rings (SSSR count). The summed E-state index contributed by atoms with van der Waals surface area (Å²) in [6.07, 6.45) is 0.740. The Kier molecular flexibility index (Phi) is 2.91. The fraction of sp³-hybridized carbons (Fsp3) is 0.364. The number of nitrogens with zero attached hydrogens (tertiary/aromatic N) is 1. The van der Waals surface area contributed by atoms with Crippen LogP contribution in [0, 0.1) is 0 Å². The summed E-state index contributed by atoms with van der Waals surface area (Å²) in [6.45, 7) is 5.61. The van der Waals surface area contributed by atoms with Gasteiger partial charge in [0.05, 0.1) is 11.2 Å². The van der Waals surface area contributed by atoms with Crippen LogP contribution in [0.25, 0.3) is 0 Å². The average Bonchev–Trinajstić information content (AvgIpc) is 2.15. The third-order valence-electron chi connectivity index (χ3n) is 1.93. The Labute approximate surface area is 83.9 Å². The first-order valence-electron chi connectivity index (χ1n) is 4.50. The summed E-state index contributed by atoms with van der Waals surface area (Å²) in [5.74, 6) is 0. The molecule has 0 aliphatic rings. The molecule has 0 aromatic heterocycles. The molecule has 0 saturated carbocycles. The van der Waals surface area contributed by atoms with E-state index in [1.54, 1.807) is 24.3 Å². The molecule has 0 bridgehead atoms. The van der Waals surface area contributed by atoms with E-state index in [-0.39, 0.29) is 0 Å². The number of hydroxylamine groups is 1. The van der Waals surface area contributed by atoms with E-state index in [1.807, 2.05) is 20.8 Å². The molecule has 0 fully saturated rings. The molecule has 3 nitrogen and oxygen atoms in total. The molecule has 0 aliphatic carbocycles. The number of rotatable bonds is 2. The second kappa shape index (κ2) is 3.80. The highest BCUT2D eigenvalue weighted by molar-refractivity contribution is 5.84. The second-order valence-corrected chi connectivity index (χ2v) is 4.16. The summed E-state index contributed by atoms with van der Waals surface area (Å²) < 4.78 is 0. The molecule has 0 unspecified atom stereocenters. The lowest BCUT2D eigenvalue weighted by Gasteiger charge is -2.32. The highest BCUT2D eigenvalue weighted by Crippen LogP contribution is 2.24. The molecule has 3 heteroatoms. The molecule has 0 spiro atoms. The van der Waals surface area contributed by atoms with Crippen molar-refractivity contribution in [3.05, 3.63) is 29.8 Å². The van der Waals surface area contributed by atoms with Crippen LogP contribution in [0.4, 0.5) is 5.69 Å². The molecule has 1 N–H and O–H groups in total. The van der Waals surface area contributed by atoms with Crippen molar-refractivity contribution in [1.29, 1.82) is 0 Å². The minimum absolute atomic E-state index is 0.418. The van der Waals surface area contributed by atoms with Gasteiger partial charge >= 0.3 is 0 Å². The topological polar surface area (TPSA) is 40.5 Å². The number of carbonyl (C=O) groups excluding carboxylic acids is 1. The fourth-order valence-electron chi connectivity index (χ4n) is 1.14. The van der Waals surface area contributed by atoms with Crippen molar-refractivity contribution in [3.8, 4) is 0 Å². The van der Waals surface area contributed by atoms with E-state index in [2.05, 4.69) is 0 Å². The molecule has 76 valence electrons. The van der Waals surface area contributed by atoms with Gasteiger partial charge in [0.15, 0.2) is 6.29 Å². The summed E-state index contributed by atoms with van der Waals surface area (Å²) in [5, 5.41) is 11.0. The van der Waals surface area contributed by atoms with E-state index in [9.17, 15) is 10.0 Å². The number of hydrogen-bond acceptors (Lipinski definition) is 3. The van der Waals surface area contributed by atoms with Crippen molar-refractivity contribution in [3.63, 3.8) is 0 Å². The molecule has 0 saturated heterocycles. The van der Waals surface area contributed by atoms with E-state index in [4.69, 9.17) is 0 Å². The van der Waals surface area contributed by atoms with Crippen molar-refractivity contribution >= 4 is 12.0 Å². The lowest BCUT2D eigenvalue weighted by atomic mass is 10.1. The zero-order chi connectivity index (χ0) is 10.8. The van der Waals surface area contributed by atoms with Crippen molar-refractivity contribution in [2.24, 2.45) is 0 Å². The second-order valence-electron chi connectivity index (χ2n) is 4.16. The SMILES string of the molecule is CC(C)(C)N(O)c1ccccc1C=O. The molecular weight excluding hydrogens is 178 g/mol. The third-order valence-corrected chi connectivity index (χ3v) is 1.93. The van der Waals surface area contributed by atoms with Crippen LogP contribution in [0.1, 0.15) is 31.1 Å². The van der Waals surface area contributed by atoms with Crippen molar-refractivity contribution in [1.82, 2.24) is 0 Å². The standard InChI is InChI=1S/C11H15NO2/c1-11(2,3)12(14)10-7-5-4-6-9(10)8-13/h4-8,14H,1-3H3. The van der Waals surface area contributed by atoms with Crippen LogP contribution in [-0.2, 0) is 0 Å². The van der Waals surface area contributed by atoms with Crippen LogP contribution in [0.5, 0.6) is 0 Å². The maximum absolute atomic E-state index is 10.7. The fourth-order valence-corrected chi connectivity index (χ4v) is 1.14. The summed E-state index contributed by atoms with van der Waals surface area (Å²) in [4.78, 5) is 10.7. The molecular formula is C11H15NO2. The summed E-state index contributed by atoms with van der Waals surface area (Å²) in [7, 11) is 0. The van der Waals surface area contributed by atoms with Crippen LogP contribution < -0.4 is 5.06 Å². The van der Waals surface area contributed by atoms with Crippen molar-refractivity contribution in [2.75, 3.05) is 5.06 Å². The number of aldehydes is 1. The Balaban J connectivity index is 3.12. The van der Waals surface area contributed by atoms with Crippen molar-refractivity contribution in [2.45, 2.75) is 26.3 Å². The molecule has 1 aromatic rings. The monoisotopic (exact) mass is 193 g/mol. The Morgan fingerprint density at radius 2 is 1.86 bits per heavy atom. The van der Waals surface area contributed by atoms with Crippen LogP contribution in [0.2, 0.25) is 0 Å². The van der Waals surface area contributed by atoms with E-state index < -0.39 is 5.54 Å². The first-order chi connectivity index (χ1) is 6.46. The third kappa shape index (κ3) is 2.12. The molecule has 1 aromatic carbocycles. The van der Waals surface area contributed by atoms with Gasteiger partial charge in [-0.2, -0.15) is 0 Å². The Morgan fingerprint density at radius 1 is 1.29 bits per heavy atom. The zero-order valence-electron chi connectivity index (χ0n) is 8.69. The largest absolute Gasteiger partial charge is 0.298 e. The van der Waals surface area contributed by atoms with E-state index in [1.165, 1.54) is 0 Å². The van der Waals surface area contributed by atoms with Gasteiger partial charge in [-0.1, -0.05) is 12.1 Å². The average molecular weight is 193 g/mol. The maximum atomic E-state index is 10.7. The number of para-hydroxylation sites is 1. The van der Waals surface area contributed by atoms with Gasteiger partial charge in [-0.25, -0.2) is 0 Å². The summed E-state index contributed by atoms with van der Waals surface area (Å²) in [5.41, 5.74) is 0.610. The lowest BCUT2D eigenvalue weighted by molar-refractivity contribution is 0.111. The van der Waals surface area contributed by atoms with Crippen LogP contribution >= 0.6 is 0 Å².